The Morgan fingerprint density at radius 1 is 1.00 bits per heavy atom. The van der Waals surface area contributed by atoms with Crippen LogP contribution < -0.4 is 0 Å². The molecule has 0 bridgehead atoms. The molecule has 0 fully saturated rings. The molecule has 0 spiro atoms. The molecule has 0 aliphatic carbocycles. The molecule has 0 aliphatic rings. The van der Waals surface area contributed by atoms with Crippen LogP contribution in [0.5, 0.6) is 11.5 Å². The summed E-state index contributed by atoms with van der Waals surface area (Å²) in [5.41, 5.74) is 0.860. The van der Waals surface area contributed by atoms with E-state index in [1.54, 1.807) is 6.07 Å². The average molecular weight is 250 g/mol. The summed E-state index contributed by atoms with van der Waals surface area (Å²) in [7, 11) is 0. The Morgan fingerprint density at radius 2 is 1.56 bits per heavy atom. The minimum Gasteiger partial charge on any atom is -0.504 e. The second-order valence-electron chi connectivity index (χ2n) is 5.44. The maximum absolute atomic E-state index is 10.1. The lowest BCUT2D eigenvalue weighted by molar-refractivity contribution is 0.341. The van der Waals surface area contributed by atoms with Crippen LogP contribution in [0.2, 0.25) is 0 Å². The standard InChI is InChI=1S/C16H26O2/c1-4-6-11-16(3,12-7-5-2)13-9-8-10-14(17)15(13)18/h8-10,17-18H,4-7,11-12H2,1-3H3. The summed E-state index contributed by atoms with van der Waals surface area (Å²) < 4.78 is 0. The van der Waals surface area contributed by atoms with Gasteiger partial charge in [0.15, 0.2) is 11.5 Å². The molecule has 0 atom stereocenters. The van der Waals surface area contributed by atoms with Crippen molar-refractivity contribution in [2.45, 2.75) is 64.7 Å². The van der Waals surface area contributed by atoms with E-state index in [4.69, 9.17) is 0 Å². The Bertz CT molecular complexity index is 363. The largest absolute Gasteiger partial charge is 0.504 e. The zero-order chi connectivity index (χ0) is 13.6. The van der Waals surface area contributed by atoms with Gasteiger partial charge >= 0.3 is 0 Å². The maximum Gasteiger partial charge on any atom is 0.161 e. The van der Waals surface area contributed by atoms with E-state index < -0.39 is 0 Å². The number of hydrogen-bond donors (Lipinski definition) is 2. The molecule has 0 amide bonds. The van der Waals surface area contributed by atoms with Gasteiger partial charge in [-0.05, 0) is 24.3 Å². The van der Waals surface area contributed by atoms with Crippen LogP contribution in [0.25, 0.3) is 0 Å². The molecule has 0 saturated carbocycles. The summed E-state index contributed by atoms with van der Waals surface area (Å²) in [4.78, 5) is 0. The number of para-hydroxylation sites is 1. The van der Waals surface area contributed by atoms with Crippen molar-refractivity contribution in [2.75, 3.05) is 0 Å². The van der Waals surface area contributed by atoms with Gasteiger partial charge in [-0.3, -0.25) is 0 Å². The summed E-state index contributed by atoms with van der Waals surface area (Å²) in [5.74, 6) is 0.0546. The van der Waals surface area contributed by atoms with Crippen molar-refractivity contribution in [3.8, 4) is 11.5 Å². The third-order valence-electron chi connectivity index (χ3n) is 3.83. The zero-order valence-electron chi connectivity index (χ0n) is 11.9. The van der Waals surface area contributed by atoms with Gasteiger partial charge in [0.1, 0.15) is 0 Å². The van der Waals surface area contributed by atoms with E-state index in [-0.39, 0.29) is 16.9 Å². The normalized spacial score (nSPS) is 11.7. The van der Waals surface area contributed by atoms with E-state index in [1.165, 1.54) is 0 Å². The SMILES string of the molecule is CCCCC(C)(CCCC)c1cccc(O)c1O. The van der Waals surface area contributed by atoms with Gasteiger partial charge in [0.25, 0.3) is 0 Å². The smallest absolute Gasteiger partial charge is 0.161 e. The minimum atomic E-state index is -0.0329. The van der Waals surface area contributed by atoms with E-state index in [1.807, 2.05) is 12.1 Å². The van der Waals surface area contributed by atoms with Gasteiger partial charge in [-0.25, -0.2) is 0 Å². The molecule has 1 aromatic carbocycles. The number of rotatable bonds is 7. The van der Waals surface area contributed by atoms with E-state index in [2.05, 4.69) is 20.8 Å². The molecule has 2 N–H and O–H groups in total. The molecule has 0 aromatic heterocycles. The molecule has 18 heavy (non-hydrogen) atoms. The second kappa shape index (κ2) is 6.67. The third kappa shape index (κ3) is 3.41. The van der Waals surface area contributed by atoms with Crippen LogP contribution in [0.3, 0.4) is 0 Å². The highest BCUT2D eigenvalue weighted by Crippen LogP contribution is 2.42. The molecule has 0 radical (unpaired) electrons. The van der Waals surface area contributed by atoms with Gasteiger partial charge in [-0.2, -0.15) is 0 Å². The Morgan fingerprint density at radius 3 is 2.06 bits per heavy atom. The number of unbranched alkanes of at least 4 members (excludes halogenated alkanes) is 2. The molecule has 0 heterocycles. The van der Waals surface area contributed by atoms with Crippen LogP contribution in [0.15, 0.2) is 18.2 Å². The van der Waals surface area contributed by atoms with Crippen molar-refractivity contribution in [1.82, 2.24) is 0 Å². The van der Waals surface area contributed by atoms with Crippen LogP contribution in [0.1, 0.15) is 64.9 Å². The first-order valence-corrected chi connectivity index (χ1v) is 7.06. The first-order chi connectivity index (χ1) is 8.55. The molecule has 2 heteroatoms. The van der Waals surface area contributed by atoms with Crippen LogP contribution in [-0.2, 0) is 5.41 Å². The fourth-order valence-electron chi connectivity index (χ4n) is 2.55. The van der Waals surface area contributed by atoms with E-state index in [0.717, 1.165) is 44.1 Å². The number of phenols is 2. The van der Waals surface area contributed by atoms with Gasteiger partial charge in [0.2, 0.25) is 0 Å². The van der Waals surface area contributed by atoms with Crippen molar-refractivity contribution in [1.29, 1.82) is 0 Å². The Hall–Kier alpha value is -1.18. The maximum atomic E-state index is 10.1. The lowest BCUT2D eigenvalue weighted by Crippen LogP contribution is -2.22. The fourth-order valence-corrected chi connectivity index (χ4v) is 2.55. The number of aromatic hydroxyl groups is 2. The molecule has 0 saturated heterocycles. The monoisotopic (exact) mass is 250 g/mol. The molecule has 1 aromatic rings. The summed E-state index contributed by atoms with van der Waals surface area (Å²) in [6, 6.07) is 5.31. The Labute approximate surface area is 111 Å². The van der Waals surface area contributed by atoms with Crippen molar-refractivity contribution in [2.24, 2.45) is 0 Å². The zero-order valence-corrected chi connectivity index (χ0v) is 11.9. The summed E-state index contributed by atoms with van der Waals surface area (Å²) in [6.45, 7) is 6.57. The van der Waals surface area contributed by atoms with Gasteiger partial charge in [-0.1, -0.05) is 58.6 Å². The lowest BCUT2D eigenvalue weighted by Gasteiger charge is -2.31. The molecule has 2 nitrogen and oxygen atoms in total. The Balaban J connectivity index is 3.03. The highest BCUT2D eigenvalue weighted by molar-refractivity contribution is 5.47. The predicted molar refractivity (Wildman–Crippen MR) is 76.2 cm³/mol. The molecule has 0 unspecified atom stereocenters. The summed E-state index contributed by atoms with van der Waals surface area (Å²) >= 11 is 0. The van der Waals surface area contributed by atoms with E-state index >= 15 is 0 Å². The summed E-state index contributed by atoms with van der Waals surface area (Å²) in [6.07, 6.45) is 6.72. The van der Waals surface area contributed by atoms with Crippen LogP contribution >= 0.6 is 0 Å². The van der Waals surface area contributed by atoms with Crippen LogP contribution in [-0.4, -0.2) is 10.2 Å². The van der Waals surface area contributed by atoms with Crippen LogP contribution in [0.4, 0.5) is 0 Å². The van der Waals surface area contributed by atoms with E-state index in [0.29, 0.717) is 0 Å². The van der Waals surface area contributed by atoms with Gasteiger partial charge in [0, 0.05) is 5.56 Å². The molecule has 1 rings (SSSR count). The number of benzene rings is 1. The predicted octanol–water partition coefficient (Wildman–Crippen LogP) is 4.74. The molecule has 0 aliphatic heterocycles. The summed E-state index contributed by atoms with van der Waals surface area (Å²) in [5, 5.41) is 19.7. The lowest BCUT2D eigenvalue weighted by atomic mass is 9.74. The molecule has 102 valence electrons. The van der Waals surface area contributed by atoms with Gasteiger partial charge in [-0.15, -0.1) is 0 Å². The average Bonchev–Trinajstić information content (AvgIpc) is 2.37. The third-order valence-corrected chi connectivity index (χ3v) is 3.83. The fraction of sp³-hybridized carbons (Fsp3) is 0.625. The van der Waals surface area contributed by atoms with Crippen molar-refractivity contribution in [3.63, 3.8) is 0 Å². The van der Waals surface area contributed by atoms with Crippen molar-refractivity contribution in [3.05, 3.63) is 23.8 Å². The molecular formula is C16H26O2. The topological polar surface area (TPSA) is 40.5 Å². The van der Waals surface area contributed by atoms with E-state index in [9.17, 15) is 10.2 Å². The van der Waals surface area contributed by atoms with Gasteiger partial charge < -0.3 is 10.2 Å². The molecular weight excluding hydrogens is 224 g/mol. The number of phenolic OH excluding ortho intramolecular Hbond substituents is 2. The quantitative estimate of drug-likeness (QED) is 0.686. The second-order valence-corrected chi connectivity index (χ2v) is 5.44. The van der Waals surface area contributed by atoms with Crippen molar-refractivity contribution < 1.29 is 10.2 Å². The highest BCUT2D eigenvalue weighted by atomic mass is 16.3. The van der Waals surface area contributed by atoms with Crippen LogP contribution in [0, 0.1) is 0 Å². The first kappa shape index (κ1) is 14.9. The first-order valence-electron chi connectivity index (χ1n) is 7.06. The highest BCUT2D eigenvalue weighted by Gasteiger charge is 2.29. The number of hydrogen-bond acceptors (Lipinski definition) is 2. The van der Waals surface area contributed by atoms with Gasteiger partial charge in [0.05, 0.1) is 0 Å². The minimum absolute atomic E-state index is 0.00766. The van der Waals surface area contributed by atoms with Crippen molar-refractivity contribution >= 4 is 0 Å². The Kier molecular flexibility index (Phi) is 5.52.